The summed E-state index contributed by atoms with van der Waals surface area (Å²) < 4.78 is 5.11. The number of ether oxygens (including phenoxy) is 1. The van der Waals surface area contributed by atoms with Crippen molar-refractivity contribution in [2.24, 2.45) is 0 Å². The highest BCUT2D eigenvalue weighted by atomic mass is 16.5. The molecule has 1 aromatic heterocycles. The largest absolute Gasteiger partial charge is 0.497 e. The number of carbonyl (C=O) groups excluding carboxylic acids is 1. The first-order valence-corrected chi connectivity index (χ1v) is 6.08. The molecule has 0 aliphatic carbocycles. The standard InChI is InChI=1S/C13H17N5O2/c1-8-15-12(17-16-8)7-18(2)13(19)10-6-9(20-3)4-5-11(10)14/h4-6H,7,14H2,1-3H3,(H,15,16,17). The molecule has 0 bridgehead atoms. The predicted molar refractivity (Wildman–Crippen MR) is 74.3 cm³/mol. The van der Waals surface area contributed by atoms with E-state index in [2.05, 4.69) is 15.2 Å². The minimum atomic E-state index is -0.205. The third kappa shape index (κ3) is 2.87. The smallest absolute Gasteiger partial charge is 0.256 e. The van der Waals surface area contributed by atoms with Crippen molar-refractivity contribution < 1.29 is 9.53 Å². The van der Waals surface area contributed by atoms with Crippen molar-refractivity contribution >= 4 is 11.6 Å². The minimum absolute atomic E-state index is 0.205. The Morgan fingerprint density at radius 1 is 1.50 bits per heavy atom. The molecule has 0 radical (unpaired) electrons. The normalized spacial score (nSPS) is 10.3. The summed E-state index contributed by atoms with van der Waals surface area (Å²) in [6, 6.07) is 4.99. The molecule has 20 heavy (non-hydrogen) atoms. The zero-order valence-electron chi connectivity index (χ0n) is 11.7. The van der Waals surface area contributed by atoms with Crippen molar-refractivity contribution in [3.05, 3.63) is 35.4 Å². The number of nitrogens with zero attached hydrogens (tertiary/aromatic N) is 3. The topological polar surface area (TPSA) is 97.1 Å². The molecule has 0 atom stereocenters. The Morgan fingerprint density at radius 2 is 2.25 bits per heavy atom. The van der Waals surface area contributed by atoms with Gasteiger partial charge < -0.3 is 15.4 Å². The van der Waals surface area contributed by atoms with Crippen LogP contribution in [0.5, 0.6) is 5.75 Å². The molecule has 3 N–H and O–H groups in total. The van der Waals surface area contributed by atoms with Crippen LogP contribution in [0.15, 0.2) is 18.2 Å². The summed E-state index contributed by atoms with van der Waals surface area (Å²) in [5.41, 5.74) is 6.65. The molecule has 0 aliphatic heterocycles. The van der Waals surface area contributed by atoms with E-state index in [1.165, 1.54) is 4.90 Å². The van der Waals surface area contributed by atoms with Crippen LogP contribution < -0.4 is 10.5 Å². The van der Waals surface area contributed by atoms with Crippen LogP contribution in [0.3, 0.4) is 0 Å². The number of carbonyl (C=O) groups is 1. The third-order valence-electron chi connectivity index (χ3n) is 2.86. The number of nitrogens with one attached hydrogen (secondary N) is 1. The average molecular weight is 275 g/mol. The first-order chi connectivity index (χ1) is 9.51. The molecule has 7 nitrogen and oxygen atoms in total. The highest BCUT2D eigenvalue weighted by Crippen LogP contribution is 2.21. The van der Waals surface area contributed by atoms with Crippen molar-refractivity contribution in [3.63, 3.8) is 0 Å². The molecule has 1 aromatic carbocycles. The number of benzene rings is 1. The van der Waals surface area contributed by atoms with E-state index in [9.17, 15) is 4.79 Å². The van der Waals surface area contributed by atoms with Gasteiger partial charge in [0.15, 0.2) is 5.82 Å². The minimum Gasteiger partial charge on any atom is -0.497 e. The quantitative estimate of drug-likeness (QED) is 0.810. The number of hydrogen-bond donors (Lipinski definition) is 2. The van der Waals surface area contributed by atoms with Gasteiger partial charge in [-0.25, -0.2) is 4.98 Å². The number of amides is 1. The van der Waals surface area contributed by atoms with Crippen LogP contribution in [-0.2, 0) is 6.54 Å². The van der Waals surface area contributed by atoms with Crippen molar-refractivity contribution in [1.82, 2.24) is 20.1 Å². The molecule has 0 unspecified atom stereocenters. The van der Waals surface area contributed by atoms with Gasteiger partial charge in [-0.05, 0) is 25.1 Å². The SMILES string of the molecule is COc1ccc(N)c(C(=O)N(C)Cc2n[nH]c(C)n2)c1. The number of rotatable bonds is 4. The maximum Gasteiger partial charge on any atom is 0.256 e. The number of aryl methyl sites for hydroxylation is 1. The highest BCUT2D eigenvalue weighted by molar-refractivity contribution is 5.99. The van der Waals surface area contributed by atoms with Crippen LogP contribution >= 0.6 is 0 Å². The lowest BCUT2D eigenvalue weighted by Crippen LogP contribution is -2.27. The highest BCUT2D eigenvalue weighted by Gasteiger charge is 2.17. The van der Waals surface area contributed by atoms with E-state index in [1.807, 2.05) is 0 Å². The third-order valence-corrected chi connectivity index (χ3v) is 2.86. The summed E-state index contributed by atoms with van der Waals surface area (Å²) in [6.45, 7) is 2.11. The summed E-state index contributed by atoms with van der Waals surface area (Å²) in [4.78, 5) is 18.0. The average Bonchev–Trinajstić information content (AvgIpc) is 2.84. The second-order valence-electron chi connectivity index (χ2n) is 4.45. The Hall–Kier alpha value is -2.57. The van der Waals surface area contributed by atoms with Gasteiger partial charge in [0.05, 0.1) is 19.2 Å². The molecule has 0 saturated carbocycles. The van der Waals surface area contributed by atoms with Gasteiger partial charge in [0.1, 0.15) is 11.6 Å². The molecule has 1 heterocycles. The number of anilines is 1. The lowest BCUT2D eigenvalue weighted by Gasteiger charge is -2.17. The number of nitrogen functional groups attached to an aromatic ring is 1. The zero-order valence-corrected chi connectivity index (χ0v) is 11.7. The monoisotopic (exact) mass is 275 g/mol. The van der Waals surface area contributed by atoms with Crippen molar-refractivity contribution in [3.8, 4) is 5.75 Å². The molecule has 0 saturated heterocycles. The number of aromatic nitrogens is 3. The molecular formula is C13H17N5O2. The lowest BCUT2D eigenvalue weighted by atomic mass is 10.1. The number of aromatic amines is 1. The van der Waals surface area contributed by atoms with Crippen molar-refractivity contribution in [2.45, 2.75) is 13.5 Å². The van der Waals surface area contributed by atoms with E-state index in [0.717, 1.165) is 0 Å². The van der Waals surface area contributed by atoms with Crippen molar-refractivity contribution in [2.75, 3.05) is 19.9 Å². The first kappa shape index (κ1) is 13.9. The van der Waals surface area contributed by atoms with Gasteiger partial charge >= 0.3 is 0 Å². The lowest BCUT2D eigenvalue weighted by molar-refractivity contribution is 0.0782. The van der Waals surface area contributed by atoms with Gasteiger partial charge in [-0.1, -0.05) is 0 Å². The number of hydrogen-bond acceptors (Lipinski definition) is 5. The van der Waals surface area contributed by atoms with Gasteiger partial charge in [0.2, 0.25) is 0 Å². The maximum atomic E-state index is 12.4. The van der Waals surface area contributed by atoms with Crippen LogP contribution in [0.2, 0.25) is 0 Å². The predicted octanol–water partition coefficient (Wildman–Crippen LogP) is 0.976. The fourth-order valence-electron chi connectivity index (χ4n) is 1.80. The number of nitrogens with two attached hydrogens (primary N) is 1. The Kier molecular flexibility index (Phi) is 3.88. The summed E-state index contributed by atoms with van der Waals surface area (Å²) in [7, 11) is 3.22. The maximum absolute atomic E-state index is 12.4. The Labute approximate surface area is 116 Å². The number of H-pyrrole nitrogens is 1. The molecule has 0 spiro atoms. The van der Waals surface area contributed by atoms with E-state index < -0.39 is 0 Å². The summed E-state index contributed by atoms with van der Waals surface area (Å²) in [5.74, 6) is 1.65. The van der Waals surface area contributed by atoms with Gasteiger partial charge in [-0.3, -0.25) is 9.89 Å². The van der Waals surface area contributed by atoms with Gasteiger partial charge in [-0.2, -0.15) is 5.10 Å². The van der Waals surface area contributed by atoms with Gasteiger partial charge in [0.25, 0.3) is 5.91 Å². The molecule has 0 fully saturated rings. The van der Waals surface area contributed by atoms with Gasteiger partial charge in [-0.15, -0.1) is 0 Å². The fourth-order valence-corrected chi connectivity index (χ4v) is 1.80. The summed E-state index contributed by atoms with van der Waals surface area (Å²) in [5, 5.41) is 6.74. The Bertz CT molecular complexity index is 623. The fraction of sp³-hybridized carbons (Fsp3) is 0.308. The van der Waals surface area contributed by atoms with Crippen LogP contribution in [-0.4, -0.2) is 40.1 Å². The summed E-state index contributed by atoms with van der Waals surface area (Å²) in [6.07, 6.45) is 0. The van der Waals surface area contributed by atoms with Gasteiger partial charge in [0, 0.05) is 12.7 Å². The molecule has 7 heteroatoms. The van der Waals surface area contributed by atoms with E-state index in [-0.39, 0.29) is 5.91 Å². The molecule has 0 aliphatic rings. The van der Waals surface area contributed by atoms with Crippen molar-refractivity contribution in [1.29, 1.82) is 0 Å². The number of methoxy groups -OCH3 is 1. The van der Waals surface area contributed by atoms with E-state index in [1.54, 1.807) is 39.3 Å². The second kappa shape index (κ2) is 5.60. The Balaban J connectivity index is 2.17. The summed E-state index contributed by atoms with van der Waals surface area (Å²) >= 11 is 0. The molecule has 2 aromatic rings. The van der Waals surface area contributed by atoms with E-state index in [4.69, 9.17) is 10.5 Å². The van der Waals surface area contributed by atoms with Crippen LogP contribution in [0.4, 0.5) is 5.69 Å². The first-order valence-electron chi connectivity index (χ1n) is 6.08. The van der Waals surface area contributed by atoms with E-state index >= 15 is 0 Å². The van der Waals surface area contributed by atoms with Crippen LogP contribution in [0, 0.1) is 6.92 Å². The molecule has 106 valence electrons. The van der Waals surface area contributed by atoms with E-state index in [0.29, 0.717) is 35.2 Å². The molecule has 2 rings (SSSR count). The van der Waals surface area contributed by atoms with Crippen LogP contribution in [0.25, 0.3) is 0 Å². The second-order valence-corrected chi connectivity index (χ2v) is 4.45. The molecular weight excluding hydrogens is 258 g/mol. The zero-order chi connectivity index (χ0) is 14.7. The van der Waals surface area contributed by atoms with Crippen LogP contribution in [0.1, 0.15) is 22.0 Å². The molecule has 1 amide bonds. The Morgan fingerprint density at radius 3 is 2.85 bits per heavy atom.